The van der Waals surface area contributed by atoms with Crippen LogP contribution in [0.1, 0.15) is 19.4 Å². The van der Waals surface area contributed by atoms with Crippen molar-refractivity contribution in [1.82, 2.24) is 0 Å². The molecule has 0 amide bonds. The zero-order valence-electron chi connectivity index (χ0n) is 11.0. The number of aliphatic hydroxyl groups excluding tert-OH is 2. The Hall–Kier alpha value is -1.16. The lowest BCUT2D eigenvalue weighted by atomic mass is 9.94. The van der Waals surface area contributed by atoms with Crippen molar-refractivity contribution < 1.29 is 14.9 Å². The van der Waals surface area contributed by atoms with Crippen LogP contribution in [0.25, 0.3) is 0 Å². The van der Waals surface area contributed by atoms with Crippen LogP contribution in [0.4, 0.5) is 0 Å². The van der Waals surface area contributed by atoms with E-state index in [9.17, 15) is 10.2 Å². The van der Waals surface area contributed by atoms with Crippen LogP contribution in [0, 0.1) is 5.92 Å². The molecule has 0 aliphatic rings. The Morgan fingerprint density at radius 1 is 1.28 bits per heavy atom. The second-order valence-electron chi connectivity index (χ2n) is 4.72. The Morgan fingerprint density at radius 2 is 1.89 bits per heavy atom. The summed E-state index contributed by atoms with van der Waals surface area (Å²) in [7, 11) is 0. The summed E-state index contributed by atoms with van der Waals surface area (Å²) in [5.74, 6) is -0.279. The molecule has 3 atom stereocenters. The van der Waals surface area contributed by atoms with Crippen molar-refractivity contribution in [3.63, 3.8) is 0 Å². The van der Waals surface area contributed by atoms with Crippen molar-refractivity contribution in [3.05, 3.63) is 48.0 Å². The zero-order valence-corrected chi connectivity index (χ0v) is 11.0. The van der Waals surface area contributed by atoms with Gasteiger partial charge in [0.2, 0.25) is 0 Å². The maximum Gasteiger partial charge on any atom is 0.0827 e. The molecule has 0 fully saturated rings. The molecule has 1 aromatic rings. The van der Waals surface area contributed by atoms with Gasteiger partial charge >= 0.3 is 0 Å². The van der Waals surface area contributed by atoms with Crippen molar-refractivity contribution in [1.29, 1.82) is 0 Å². The predicted molar refractivity (Wildman–Crippen MR) is 72.1 cm³/mol. The van der Waals surface area contributed by atoms with Gasteiger partial charge in [-0.15, -0.1) is 0 Å². The van der Waals surface area contributed by atoms with Gasteiger partial charge < -0.3 is 14.9 Å². The summed E-state index contributed by atoms with van der Waals surface area (Å²) in [5.41, 5.74) is 1.72. The van der Waals surface area contributed by atoms with Gasteiger partial charge in [-0.1, -0.05) is 49.4 Å². The first-order valence-electron chi connectivity index (χ1n) is 6.15. The van der Waals surface area contributed by atoms with E-state index in [0.717, 1.165) is 5.56 Å². The average Bonchev–Trinajstić information content (AvgIpc) is 2.38. The highest BCUT2D eigenvalue weighted by molar-refractivity contribution is 5.13. The Morgan fingerprint density at radius 3 is 2.44 bits per heavy atom. The summed E-state index contributed by atoms with van der Waals surface area (Å²) >= 11 is 0. The summed E-state index contributed by atoms with van der Waals surface area (Å²) in [6.45, 7) is 7.90. The molecule has 0 heterocycles. The van der Waals surface area contributed by atoms with Crippen molar-refractivity contribution >= 4 is 0 Å². The molecule has 0 bridgehead atoms. The van der Waals surface area contributed by atoms with Crippen LogP contribution >= 0.6 is 0 Å². The molecule has 0 saturated carbocycles. The molecule has 0 aliphatic carbocycles. The Labute approximate surface area is 109 Å². The van der Waals surface area contributed by atoms with E-state index in [0.29, 0.717) is 12.2 Å². The van der Waals surface area contributed by atoms with Gasteiger partial charge in [0, 0.05) is 5.92 Å². The van der Waals surface area contributed by atoms with Crippen LogP contribution in [-0.2, 0) is 11.3 Å². The van der Waals surface area contributed by atoms with E-state index >= 15 is 0 Å². The van der Waals surface area contributed by atoms with Crippen molar-refractivity contribution in [3.8, 4) is 0 Å². The first kappa shape index (κ1) is 14.9. The molecule has 3 nitrogen and oxygen atoms in total. The molecule has 1 rings (SSSR count). The van der Waals surface area contributed by atoms with Crippen molar-refractivity contribution in [2.24, 2.45) is 5.92 Å². The molecular weight excluding hydrogens is 228 g/mol. The van der Waals surface area contributed by atoms with Crippen molar-refractivity contribution in [2.45, 2.75) is 32.7 Å². The minimum atomic E-state index is -0.694. The second-order valence-corrected chi connectivity index (χ2v) is 4.72. The quantitative estimate of drug-likeness (QED) is 0.729. The van der Waals surface area contributed by atoms with Crippen LogP contribution in [0.2, 0.25) is 0 Å². The van der Waals surface area contributed by atoms with E-state index in [4.69, 9.17) is 4.74 Å². The van der Waals surface area contributed by atoms with E-state index in [1.807, 2.05) is 30.3 Å². The van der Waals surface area contributed by atoms with E-state index in [-0.39, 0.29) is 12.5 Å². The first-order valence-corrected chi connectivity index (χ1v) is 6.15. The molecule has 0 saturated heterocycles. The van der Waals surface area contributed by atoms with Gasteiger partial charge in [-0.05, 0) is 12.5 Å². The fourth-order valence-electron chi connectivity index (χ4n) is 1.68. The van der Waals surface area contributed by atoms with Crippen LogP contribution in [0.5, 0.6) is 0 Å². The molecule has 0 aliphatic heterocycles. The van der Waals surface area contributed by atoms with E-state index in [2.05, 4.69) is 6.58 Å². The first-order chi connectivity index (χ1) is 8.52. The number of benzene rings is 1. The summed E-state index contributed by atoms with van der Waals surface area (Å²) in [6.07, 6.45) is -1.39. The summed E-state index contributed by atoms with van der Waals surface area (Å²) < 4.78 is 5.44. The molecule has 2 N–H and O–H groups in total. The third kappa shape index (κ3) is 4.61. The maximum atomic E-state index is 9.89. The monoisotopic (exact) mass is 250 g/mol. The standard InChI is InChI=1S/C15H22O3/c1-11(2)15(17)12(3)14(16)10-18-9-13-7-5-4-6-8-13/h4-8,12,14-17H,1,9-10H2,2-3H3/t12-,14+,15+/m0/s1. The molecule has 0 unspecified atom stereocenters. The number of ether oxygens (including phenoxy) is 1. The molecule has 0 radical (unpaired) electrons. The van der Waals surface area contributed by atoms with Crippen LogP contribution in [-0.4, -0.2) is 29.0 Å². The minimum Gasteiger partial charge on any atom is -0.390 e. The highest BCUT2D eigenvalue weighted by Gasteiger charge is 2.22. The van der Waals surface area contributed by atoms with Gasteiger partial charge in [-0.25, -0.2) is 0 Å². The van der Waals surface area contributed by atoms with Gasteiger partial charge in [0.05, 0.1) is 25.4 Å². The highest BCUT2D eigenvalue weighted by Crippen LogP contribution is 2.15. The average molecular weight is 250 g/mol. The fraction of sp³-hybridized carbons (Fsp3) is 0.467. The normalized spacial score (nSPS) is 16.0. The number of hydrogen-bond donors (Lipinski definition) is 2. The lowest BCUT2D eigenvalue weighted by Gasteiger charge is -2.24. The SMILES string of the molecule is C=C(C)[C@@H](O)[C@@H](C)[C@H](O)COCc1ccccc1. The van der Waals surface area contributed by atoms with Gasteiger partial charge in [-0.2, -0.15) is 0 Å². The molecule has 0 aromatic heterocycles. The third-order valence-electron chi connectivity index (χ3n) is 3.01. The Bertz CT molecular complexity index is 361. The summed E-state index contributed by atoms with van der Waals surface area (Å²) in [5, 5.41) is 19.7. The molecule has 100 valence electrons. The summed E-state index contributed by atoms with van der Waals surface area (Å²) in [6, 6.07) is 9.78. The number of aliphatic hydroxyl groups is 2. The Kier molecular flexibility index (Phi) is 6.05. The third-order valence-corrected chi connectivity index (χ3v) is 3.01. The minimum absolute atomic E-state index is 0.209. The fourth-order valence-corrected chi connectivity index (χ4v) is 1.68. The maximum absolute atomic E-state index is 9.89. The van der Waals surface area contributed by atoms with Gasteiger partial charge in [-0.3, -0.25) is 0 Å². The van der Waals surface area contributed by atoms with Crippen LogP contribution < -0.4 is 0 Å². The molecule has 3 heteroatoms. The van der Waals surface area contributed by atoms with Crippen molar-refractivity contribution in [2.75, 3.05) is 6.61 Å². The van der Waals surface area contributed by atoms with Crippen LogP contribution in [0.15, 0.2) is 42.5 Å². The largest absolute Gasteiger partial charge is 0.390 e. The molecule has 0 spiro atoms. The molecule has 1 aromatic carbocycles. The number of hydrogen-bond acceptors (Lipinski definition) is 3. The topological polar surface area (TPSA) is 49.7 Å². The van der Waals surface area contributed by atoms with E-state index in [1.165, 1.54) is 0 Å². The highest BCUT2D eigenvalue weighted by atomic mass is 16.5. The molecule has 18 heavy (non-hydrogen) atoms. The second kappa shape index (κ2) is 7.31. The number of rotatable bonds is 7. The van der Waals surface area contributed by atoms with Gasteiger partial charge in [0.25, 0.3) is 0 Å². The van der Waals surface area contributed by atoms with Crippen LogP contribution in [0.3, 0.4) is 0 Å². The Balaban J connectivity index is 2.33. The lowest BCUT2D eigenvalue weighted by Crippen LogP contribution is -2.33. The smallest absolute Gasteiger partial charge is 0.0827 e. The molecular formula is C15H22O3. The van der Waals surface area contributed by atoms with Gasteiger partial charge in [0.15, 0.2) is 0 Å². The zero-order chi connectivity index (χ0) is 13.5. The van der Waals surface area contributed by atoms with E-state index in [1.54, 1.807) is 13.8 Å². The van der Waals surface area contributed by atoms with Gasteiger partial charge in [0.1, 0.15) is 0 Å². The predicted octanol–water partition coefficient (Wildman–Crippen LogP) is 2.14. The van der Waals surface area contributed by atoms with E-state index < -0.39 is 12.2 Å². The lowest BCUT2D eigenvalue weighted by molar-refractivity contribution is -0.0267. The summed E-state index contributed by atoms with van der Waals surface area (Å²) in [4.78, 5) is 0.